The molecule has 1 aromatic carbocycles. The topological polar surface area (TPSA) is 42.0 Å². The molecule has 0 aliphatic rings. The number of nitrogens with one attached hydrogen (secondary N) is 1. The van der Waals surface area contributed by atoms with Crippen molar-refractivity contribution < 1.29 is 18.0 Å². The fourth-order valence-corrected chi connectivity index (χ4v) is 1.85. The van der Waals surface area contributed by atoms with Gasteiger partial charge >= 0.3 is 6.18 Å². The van der Waals surface area contributed by atoms with Gasteiger partial charge in [-0.1, -0.05) is 12.1 Å². The first-order valence-electron chi connectivity index (χ1n) is 6.26. The predicted octanol–water partition coefficient (Wildman–Crippen LogP) is 3.59. The summed E-state index contributed by atoms with van der Waals surface area (Å²) in [5.41, 5.74) is 0.0704. The lowest BCUT2D eigenvalue weighted by Crippen LogP contribution is -2.26. The van der Waals surface area contributed by atoms with Gasteiger partial charge < -0.3 is 5.32 Å². The van der Waals surface area contributed by atoms with Crippen molar-refractivity contribution in [2.24, 2.45) is 0 Å². The number of aromatic nitrogens is 1. The highest BCUT2D eigenvalue weighted by molar-refractivity contribution is 5.94. The van der Waals surface area contributed by atoms with E-state index in [0.29, 0.717) is 11.1 Å². The molecular formula is C15H13F3N2O. The van der Waals surface area contributed by atoms with Crippen LogP contribution in [0.5, 0.6) is 0 Å². The van der Waals surface area contributed by atoms with Crippen LogP contribution in [0.15, 0.2) is 48.8 Å². The Kier molecular flexibility index (Phi) is 4.26. The van der Waals surface area contributed by atoms with E-state index < -0.39 is 17.8 Å². The van der Waals surface area contributed by atoms with Crippen molar-refractivity contribution in [1.82, 2.24) is 10.3 Å². The van der Waals surface area contributed by atoms with E-state index >= 15 is 0 Å². The highest BCUT2D eigenvalue weighted by Gasteiger charge is 2.30. The average Bonchev–Trinajstić information content (AvgIpc) is 2.47. The largest absolute Gasteiger partial charge is 0.416 e. The van der Waals surface area contributed by atoms with Crippen LogP contribution in [0.25, 0.3) is 0 Å². The summed E-state index contributed by atoms with van der Waals surface area (Å²) in [4.78, 5) is 15.7. The summed E-state index contributed by atoms with van der Waals surface area (Å²) < 4.78 is 38.0. The third-order valence-corrected chi connectivity index (χ3v) is 3.00. The van der Waals surface area contributed by atoms with Crippen LogP contribution in [0.2, 0.25) is 0 Å². The molecular weight excluding hydrogens is 281 g/mol. The Labute approximate surface area is 119 Å². The molecule has 1 heterocycles. The molecule has 0 aliphatic heterocycles. The number of carbonyl (C=O) groups is 1. The number of amides is 1. The number of halogens is 3. The molecule has 1 amide bonds. The summed E-state index contributed by atoms with van der Waals surface area (Å²) in [6, 6.07) is 7.45. The standard InChI is InChI=1S/C15H13F3N2O/c1-10(20-14(21)11-5-7-19-8-6-11)12-3-2-4-13(9-12)15(16,17)18/h2-10H,1H3,(H,20,21). The lowest BCUT2D eigenvalue weighted by Gasteiger charge is -2.16. The fraction of sp³-hybridized carbons (Fsp3) is 0.200. The van der Waals surface area contributed by atoms with Gasteiger partial charge in [-0.25, -0.2) is 0 Å². The second-order valence-electron chi connectivity index (χ2n) is 4.55. The van der Waals surface area contributed by atoms with Gasteiger partial charge in [-0.15, -0.1) is 0 Å². The predicted molar refractivity (Wildman–Crippen MR) is 71.6 cm³/mol. The molecule has 0 radical (unpaired) electrons. The first kappa shape index (κ1) is 15.0. The second kappa shape index (κ2) is 5.95. The minimum absolute atomic E-state index is 0.359. The van der Waals surface area contributed by atoms with Crippen molar-refractivity contribution in [2.45, 2.75) is 19.1 Å². The van der Waals surface area contributed by atoms with Crippen LogP contribution in [0.3, 0.4) is 0 Å². The summed E-state index contributed by atoms with van der Waals surface area (Å²) in [6.07, 6.45) is -1.45. The van der Waals surface area contributed by atoms with Gasteiger partial charge in [0.2, 0.25) is 0 Å². The van der Waals surface area contributed by atoms with Crippen molar-refractivity contribution >= 4 is 5.91 Å². The zero-order valence-corrected chi connectivity index (χ0v) is 11.2. The quantitative estimate of drug-likeness (QED) is 0.940. The summed E-state index contributed by atoms with van der Waals surface area (Å²) >= 11 is 0. The van der Waals surface area contributed by atoms with Crippen LogP contribution in [0.1, 0.15) is 34.5 Å². The van der Waals surface area contributed by atoms with Gasteiger partial charge in [-0.3, -0.25) is 9.78 Å². The van der Waals surface area contributed by atoms with Crippen LogP contribution in [-0.4, -0.2) is 10.9 Å². The minimum atomic E-state index is -4.40. The Hall–Kier alpha value is -2.37. The number of carbonyl (C=O) groups excluding carboxylic acids is 1. The molecule has 0 fully saturated rings. The molecule has 0 aliphatic carbocycles. The van der Waals surface area contributed by atoms with Crippen molar-refractivity contribution in [2.75, 3.05) is 0 Å². The van der Waals surface area contributed by atoms with Gasteiger partial charge in [0.1, 0.15) is 0 Å². The normalized spacial score (nSPS) is 12.8. The third kappa shape index (κ3) is 3.81. The number of benzene rings is 1. The van der Waals surface area contributed by atoms with Crippen LogP contribution < -0.4 is 5.32 Å². The molecule has 1 atom stereocenters. The van der Waals surface area contributed by atoms with Crippen molar-refractivity contribution in [3.63, 3.8) is 0 Å². The molecule has 3 nitrogen and oxygen atoms in total. The Morgan fingerprint density at radius 2 is 1.86 bits per heavy atom. The summed E-state index contributed by atoms with van der Waals surface area (Å²) in [5, 5.41) is 2.66. The molecule has 21 heavy (non-hydrogen) atoms. The Morgan fingerprint density at radius 1 is 1.19 bits per heavy atom. The maximum Gasteiger partial charge on any atom is 0.416 e. The number of alkyl halides is 3. The van der Waals surface area contributed by atoms with E-state index in [1.54, 1.807) is 13.0 Å². The molecule has 2 aromatic rings. The van der Waals surface area contributed by atoms with E-state index in [-0.39, 0.29) is 5.91 Å². The highest BCUT2D eigenvalue weighted by Crippen LogP contribution is 2.30. The lowest BCUT2D eigenvalue weighted by molar-refractivity contribution is -0.137. The smallest absolute Gasteiger partial charge is 0.346 e. The van der Waals surface area contributed by atoms with Crippen molar-refractivity contribution in [3.05, 3.63) is 65.5 Å². The number of hydrogen-bond donors (Lipinski definition) is 1. The maximum atomic E-state index is 12.7. The monoisotopic (exact) mass is 294 g/mol. The lowest BCUT2D eigenvalue weighted by atomic mass is 10.0. The molecule has 110 valence electrons. The van der Waals surface area contributed by atoms with Gasteiger partial charge in [0.25, 0.3) is 5.91 Å². The number of rotatable bonds is 3. The van der Waals surface area contributed by atoms with Gasteiger partial charge in [0.05, 0.1) is 11.6 Å². The van der Waals surface area contributed by atoms with Crippen LogP contribution in [-0.2, 0) is 6.18 Å². The van der Waals surface area contributed by atoms with E-state index in [4.69, 9.17) is 0 Å². The van der Waals surface area contributed by atoms with E-state index in [1.807, 2.05) is 0 Å². The molecule has 6 heteroatoms. The van der Waals surface area contributed by atoms with Crippen molar-refractivity contribution in [1.29, 1.82) is 0 Å². The zero-order chi connectivity index (χ0) is 15.5. The van der Waals surface area contributed by atoms with Crippen LogP contribution in [0.4, 0.5) is 13.2 Å². The third-order valence-electron chi connectivity index (χ3n) is 3.00. The van der Waals surface area contributed by atoms with Crippen LogP contribution in [0, 0.1) is 0 Å². The van der Waals surface area contributed by atoms with Crippen LogP contribution >= 0.6 is 0 Å². The van der Waals surface area contributed by atoms with E-state index in [9.17, 15) is 18.0 Å². The molecule has 1 aromatic heterocycles. The second-order valence-corrected chi connectivity index (χ2v) is 4.55. The first-order chi connectivity index (χ1) is 9.88. The molecule has 0 bridgehead atoms. The minimum Gasteiger partial charge on any atom is -0.346 e. The summed E-state index contributed by atoms with van der Waals surface area (Å²) in [6.45, 7) is 1.63. The van der Waals surface area contributed by atoms with E-state index in [1.165, 1.54) is 30.6 Å². The number of hydrogen-bond acceptors (Lipinski definition) is 2. The van der Waals surface area contributed by atoms with Gasteiger partial charge in [0, 0.05) is 18.0 Å². The van der Waals surface area contributed by atoms with Gasteiger partial charge in [0.15, 0.2) is 0 Å². The Balaban J connectivity index is 2.14. The highest BCUT2D eigenvalue weighted by atomic mass is 19.4. The SMILES string of the molecule is CC(NC(=O)c1ccncc1)c1cccc(C(F)(F)F)c1. The Bertz CT molecular complexity index is 626. The molecule has 0 saturated heterocycles. The van der Waals surface area contributed by atoms with Crippen molar-refractivity contribution in [3.8, 4) is 0 Å². The molecule has 0 spiro atoms. The average molecular weight is 294 g/mol. The molecule has 0 saturated carbocycles. The zero-order valence-electron chi connectivity index (χ0n) is 11.2. The van der Waals surface area contributed by atoms with Gasteiger partial charge in [-0.05, 0) is 36.8 Å². The maximum absolute atomic E-state index is 12.7. The molecule has 1 unspecified atom stereocenters. The molecule has 1 N–H and O–H groups in total. The molecule has 2 rings (SSSR count). The Morgan fingerprint density at radius 3 is 2.48 bits per heavy atom. The number of nitrogens with zero attached hydrogens (tertiary/aromatic N) is 1. The summed E-state index contributed by atoms with van der Waals surface area (Å²) in [5.74, 6) is -0.359. The first-order valence-corrected chi connectivity index (χ1v) is 6.26. The fourth-order valence-electron chi connectivity index (χ4n) is 1.85. The van der Waals surface area contributed by atoms with E-state index in [0.717, 1.165) is 12.1 Å². The van der Waals surface area contributed by atoms with E-state index in [2.05, 4.69) is 10.3 Å². The number of pyridine rings is 1. The summed E-state index contributed by atoms with van der Waals surface area (Å²) in [7, 11) is 0. The van der Waals surface area contributed by atoms with Gasteiger partial charge in [-0.2, -0.15) is 13.2 Å².